The van der Waals surface area contributed by atoms with Gasteiger partial charge in [0.05, 0.1) is 6.61 Å². The maximum atomic E-state index is 5.73. The summed E-state index contributed by atoms with van der Waals surface area (Å²) in [6, 6.07) is 10.3. The van der Waals surface area contributed by atoms with Crippen molar-refractivity contribution in [1.29, 1.82) is 0 Å². The van der Waals surface area contributed by atoms with Crippen LogP contribution in [0.25, 0.3) is 0 Å². The van der Waals surface area contributed by atoms with Gasteiger partial charge >= 0.3 is 0 Å². The molecule has 1 aromatic rings. The standard InChI is InChI=1S/C21H35N3O2/c1-22-21(24(2)14-10-19-11-16-25-17-12-19)23-13-6-7-15-26-18-20-8-4-3-5-9-20/h3-5,8-9,19H,6-7,10-18H2,1-2H3,(H,22,23). The fraction of sp³-hybridized carbons (Fsp3) is 0.667. The van der Waals surface area contributed by atoms with Crippen LogP contribution in [0, 0.1) is 5.92 Å². The average molecular weight is 362 g/mol. The highest BCUT2D eigenvalue weighted by Crippen LogP contribution is 2.18. The number of ether oxygens (including phenoxy) is 2. The van der Waals surface area contributed by atoms with Crippen LogP contribution in [0.3, 0.4) is 0 Å². The Morgan fingerprint density at radius 2 is 2.00 bits per heavy atom. The van der Waals surface area contributed by atoms with Crippen LogP contribution in [0.5, 0.6) is 0 Å². The average Bonchev–Trinajstić information content (AvgIpc) is 2.70. The Labute approximate surface area is 158 Å². The first kappa shape index (κ1) is 20.7. The van der Waals surface area contributed by atoms with E-state index in [-0.39, 0.29) is 0 Å². The molecule has 146 valence electrons. The normalized spacial score (nSPS) is 15.8. The molecule has 0 aromatic heterocycles. The maximum Gasteiger partial charge on any atom is 0.193 e. The first-order valence-electron chi connectivity index (χ1n) is 9.91. The first-order valence-corrected chi connectivity index (χ1v) is 9.91. The van der Waals surface area contributed by atoms with Crippen LogP contribution in [-0.4, -0.2) is 57.9 Å². The zero-order valence-corrected chi connectivity index (χ0v) is 16.5. The van der Waals surface area contributed by atoms with Crippen molar-refractivity contribution >= 4 is 5.96 Å². The van der Waals surface area contributed by atoms with Crippen LogP contribution in [0.4, 0.5) is 0 Å². The highest BCUT2D eigenvalue weighted by atomic mass is 16.5. The fourth-order valence-corrected chi connectivity index (χ4v) is 3.20. The summed E-state index contributed by atoms with van der Waals surface area (Å²) in [6.07, 6.45) is 5.75. The quantitative estimate of drug-likeness (QED) is 0.395. The van der Waals surface area contributed by atoms with Gasteiger partial charge in [0.2, 0.25) is 0 Å². The maximum absolute atomic E-state index is 5.73. The predicted molar refractivity (Wildman–Crippen MR) is 107 cm³/mol. The summed E-state index contributed by atoms with van der Waals surface area (Å²) in [4.78, 5) is 6.64. The van der Waals surface area contributed by atoms with Crippen molar-refractivity contribution in [1.82, 2.24) is 10.2 Å². The molecule has 1 aliphatic rings. The molecule has 1 heterocycles. The van der Waals surface area contributed by atoms with Gasteiger partial charge in [-0.3, -0.25) is 4.99 Å². The van der Waals surface area contributed by atoms with Gasteiger partial charge in [-0.1, -0.05) is 30.3 Å². The van der Waals surface area contributed by atoms with Gasteiger partial charge in [0, 0.05) is 47.0 Å². The molecule has 26 heavy (non-hydrogen) atoms. The van der Waals surface area contributed by atoms with Crippen LogP contribution in [0.2, 0.25) is 0 Å². The van der Waals surface area contributed by atoms with Gasteiger partial charge in [0.1, 0.15) is 0 Å². The van der Waals surface area contributed by atoms with Crippen LogP contribution in [0.15, 0.2) is 35.3 Å². The Morgan fingerprint density at radius 1 is 1.23 bits per heavy atom. The van der Waals surface area contributed by atoms with E-state index in [0.29, 0.717) is 6.61 Å². The summed E-state index contributed by atoms with van der Waals surface area (Å²) < 4.78 is 11.2. The van der Waals surface area contributed by atoms with Crippen molar-refractivity contribution in [2.24, 2.45) is 10.9 Å². The number of benzene rings is 1. The Morgan fingerprint density at radius 3 is 2.73 bits per heavy atom. The number of hydrogen-bond acceptors (Lipinski definition) is 3. The van der Waals surface area contributed by atoms with Gasteiger partial charge in [-0.2, -0.15) is 0 Å². The van der Waals surface area contributed by atoms with Gasteiger partial charge in [0.25, 0.3) is 0 Å². The van der Waals surface area contributed by atoms with E-state index in [1.54, 1.807) is 0 Å². The molecule has 1 aromatic carbocycles. The minimum atomic E-state index is 0.699. The SMILES string of the molecule is CN=C(NCCCCOCc1ccccc1)N(C)CCC1CCOCC1. The van der Waals surface area contributed by atoms with Gasteiger partial charge < -0.3 is 19.7 Å². The minimum Gasteiger partial charge on any atom is -0.381 e. The Kier molecular flexibility index (Phi) is 10.1. The molecule has 0 spiro atoms. The molecular formula is C21H35N3O2. The van der Waals surface area contributed by atoms with Gasteiger partial charge in [-0.05, 0) is 43.6 Å². The first-order chi connectivity index (χ1) is 12.8. The molecule has 1 N–H and O–H groups in total. The van der Waals surface area contributed by atoms with E-state index in [2.05, 4.69) is 34.4 Å². The predicted octanol–water partition coefficient (Wildman–Crippen LogP) is 3.31. The van der Waals surface area contributed by atoms with Crippen molar-refractivity contribution in [2.45, 2.75) is 38.7 Å². The molecule has 1 aliphatic heterocycles. The number of hydrogen-bond donors (Lipinski definition) is 1. The van der Waals surface area contributed by atoms with Crippen molar-refractivity contribution in [3.63, 3.8) is 0 Å². The molecule has 1 saturated heterocycles. The van der Waals surface area contributed by atoms with E-state index in [1.165, 1.54) is 24.8 Å². The molecule has 0 amide bonds. The molecule has 2 rings (SSSR count). The third-order valence-corrected chi connectivity index (χ3v) is 4.90. The Balaban J connectivity index is 1.51. The van der Waals surface area contributed by atoms with Crippen molar-refractivity contribution < 1.29 is 9.47 Å². The molecule has 0 bridgehead atoms. The number of nitrogens with one attached hydrogen (secondary N) is 1. The second-order valence-electron chi connectivity index (χ2n) is 6.99. The highest BCUT2D eigenvalue weighted by molar-refractivity contribution is 5.79. The number of rotatable bonds is 10. The monoisotopic (exact) mass is 361 g/mol. The fourth-order valence-electron chi connectivity index (χ4n) is 3.20. The lowest BCUT2D eigenvalue weighted by Gasteiger charge is -2.26. The molecule has 1 fully saturated rings. The number of aliphatic imine (C=N–C) groups is 1. The van der Waals surface area contributed by atoms with Crippen LogP contribution in [-0.2, 0) is 16.1 Å². The lowest BCUT2D eigenvalue weighted by molar-refractivity contribution is 0.0625. The van der Waals surface area contributed by atoms with Gasteiger partial charge in [-0.15, -0.1) is 0 Å². The summed E-state index contributed by atoms with van der Waals surface area (Å²) in [6.45, 7) is 5.33. The largest absolute Gasteiger partial charge is 0.381 e. The Bertz CT molecular complexity index is 501. The van der Waals surface area contributed by atoms with Crippen molar-refractivity contribution in [3.8, 4) is 0 Å². The summed E-state index contributed by atoms with van der Waals surface area (Å²) in [7, 11) is 3.98. The Hall–Kier alpha value is -1.59. The third-order valence-electron chi connectivity index (χ3n) is 4.90. The summed E-state index contributed by atoms with van der Waals surface area (Å²) in [5.74, 6) is 1.79. The van der Waals surface area contributed by atoms with E-state index >= 15 is 0 Å². The molecule has 0 saturated carbocycles. The summed E-state index contributed by atoms with van der Waals surface area (Å²) >= 11 is 0. The van der Waals surface area contributed by atoms with Crippen molar-refractivity contribution in [2.75, 3.05) is 47.0 Å². The zero-order chi connectivity index (χ0) is 18.5. The van der Waals surface area contributed by atoms with E-state index in [9.17, 15) is 0 Å². The minimum absolute atomic E-state index is 0.699. The van der Waals surface area contributed by atoms with Gasteiger partial charge in [0.15, 0.2) is 5.96 Å². The third kappa shape index (κ3) is 8.19. The van der Waals surface area contributed by atoms with Crippen LogP contribution in [0.1, 0.15) is 37.7 Å². The lowest BCUT2D eigenvalue weighted by Crippen LogP contribution is -2.40. The summed E-state index contributed by atoms with van der Waals surface area (Å²) in [5, 5.41) is 3.46. The second-order valence-corrected chi connectivity index (χ2v) is 6.99. The molecule has 0 atom stereocenters. The van der Waals surface area contributed by atoms with E-state index in [1.807, 2.05) is 25.2 Å². The molecule has 0 aliphatic carbocycles. The van der Waals surface area contributed by atoms with E-state index in [4.69, 9.17) is 9.47 Å². The molecule has 5 nitrogen and oxygen atoms in total. The molecular weight excluding hydrogens is 326 g/mol. The number of unbranched alkanes of at least 4 members (excludes halogenated alkanes) is 1. The zero-order valence-electron chi connectivity index (χ0n) is 16.5. The summed E-state index contributed by atoms with van der Waals surface area (Å²) in [5.41, 5.74) is 1.23. The number of nitrogens with zero attached hydrogens (tertiary/aromatic N) is 2. The topological polar surface area (TPSA) is 46.1 Å². The molecule has 0 unspecified atom stereocenters. The van der Waals surface area contributed by atoms with Crippen LogP contribution < -0.4 is 5.32 Å². The lowest BCUT2D eigenvalue weighted by atomic mass is 9.96. The van der Waals surface area contributed by atoms with Crippen LogP contribution >= 0.6 is 0 Å². The highest BCUT2D eigenvalue weighted by Gasteiger charge is 2.15. The molecule has 5 heteroatoms. The van der Waals surface area contributed by atoms with E-state index < -0.39 is 0 Å². The number of guanidine groups is 1. The van der Waals surface area contributed by atoms with Crippen molar-refractivity contribution in [3.05, 3.63) is 35.9 Å². The molecule has 0 radical (unpaired) electrons. The van der Waals surface area contributed by atoms with E-state index in [0.717, 1.165) is 57.6 Å². The second kappa shape index (κ2) is 12.7. The smallest absolute Gasteiger partial charge is 0.193 e. The van der Waals surface area contributed by atoms with Gasteiger partial charge in [-0.25, -0.2) is 0 Å².